The molecule has 1 fully saturated rings. The van der Waals surface area contributed by atoms with Gasteiger partial charge in [0.15, 0.2) is 16.6 Å². The molecule has 0 radical (unpaired) electrons. The maximum atomic E-state index is 12.2. The fourth-order valence-electron chi connectivity index (χ4n) is 3.90. The van der Waals surface area contributed by atoms with E-state index in [1.807, 2.05) is 18.2 Å². The Hall–Kier alpha value is -3.84. The van der Waals surface area contributed by atoms with Crippen molar-refractivity contribution < 1.29 is 28.5 Å². The number of benzene rings is 1. The summed E-state index contributed by atoms with van der Waals surface area (Å²) in [4.78, 5) is 28.6. The Labute approximate surface area is 225 Å². The number of hydrogen-bond acceptors (Lipinski definition) is 13. The third-order valence-electron chi connectivity index (χ3n) is 5.72. The van der Waals surface area contributed by atoms with Gasteiger partial charge in [-0.05, 0) is 31.5 Å². The highest BCUT2D eigenvalue weighted by Crippen LogP contribution is 2.38. The zero-order chi connectivity index (χ0) is 27.1. The second-order valence-corrected chi connectivity index (χ2v) is 9.20. The lowest BCUT2D eigenvalue weighted by Gasteiger charge is -2.28. The highest BCUT2D eigenvalue weighted by atomic mass is 32.1. The number of carbonyl (C=O) groups is 1. The van der Waals surface area contributed by atoms with Crippen molar-refractivity contribution in [2.75, 3.05) is 69.8 Å². The van der Waals surface area contributed by atoms with Gasteiger partial charge < -0.3 is 33.9 Å². The van der Waals surface area contributed by atoms with Crippen molar-refractivity contribution in [1.82, 2.24) is 15.0 Å². The normalized spacial score (nSPS) is 13.1. The first-order chi connectivity index (χ1) is 18.4. The number of morpholine rings is 1. The number of aryl methyl sites for hydroxylation is 1. The van der Waals surface area contributed by atoms with Crippen LogP contribution < -0.4 is 29.7 Å². The van der Waals surface area contributed by atoms with Crippen LogP contribution in [0.3, 0.4) is 0 Å². The van der Waals surface area contributed by atoms with Crippen molar-refractivity contribution in [3.05, 3.63) is 34.3 Å². The van der Waals surface area contributed by atoms with Crippen molar-refractivity contribution in [2.24, 2.45) is 0 Å². The summed E-state index contributed by atoms with van der Waals surface area (Å²) in [5, 5.41) is 7.02. The summed E-state index contributed by atoms with van der Waals surface area (Å²) in [6, 6.07) is 5.66. The van der Waals surface area contributed by atoms with E-state index < -0.39 is 5.97 Å². The summed E-state index contributed by atoms with van der Waals surface area (Å²) in [5.41, 5.74) is 1.50. The number of nitrogens with one attached hydrogen (secondary N) is 2. The van der Waals surface area contributed by atoms with E-state index in [4.69, 9.17) is 28.7 Å². The first-order valence-electron chi connectivity index (χ1n) is 12.1. The third-order valence-corrected chi connectivity index (χ3v) is 6.77. The summed E-state index contributed by atoms with van der Waals surface area (Å²) < 4.78 is 27.0. The van der Waals surface area contributed by atoms with Gasteiger partial charge >= 0.3 is 5.97 Å². The molecule has 4 rings (SSSR count). The minimum Gasteiger partial charge on any atom is -0.493 e. The summed E-state index contributed by atoms with van der Waals surface area (Å²) in [7, 11) is 4.73. The van der Waals surface area contributed by atoms with Crippen molar-refractivity contribution in [3.8, 4) is 17.2 Å². The lowest BCUT2D eigenvalue weighted by atomic mass is 10.1. The predicted octanol–water partition coefficient (Wildman–Crippen LogP) is 3.64. The highest BCUT2D eigenvalue weighted by molar-refractivity contribution is 7.17. The van der Waals surface area contributed by atoms with Crippen LogP contribution in [0.15, 0.2) is 18.2 Å². The highest BCUT2D eigenvalue weighted by Gasteiger charge is 2.19. The molecular formula is C25H32N6O6S. The van der Waals surface area contributed by atoms with Crippen molar-refractivity contribution in [2.45, 2.75) is 20.4 Å². The van der Waals surface area contributed by atoms with E-state index >= 15 is 0 Å². The Balaban J connectivity index is 1.60. The molecule has 13 heteroatoms. The summed E-state index contributed by atoms with van der Waals surface area (Å²) in [6.07, 6.45) is 0. The van der Waals surface area contributed by atoms with Crippen LogP contribution in [-0.4, -0.2) is 75.2 Å². The average molecular weight is 545 g/mol. The lowest BCUT2D eigenvalue weighted by Crippen LogP contribution is -2.36. The van der Waals surface area contributed by atoms with E-state index in [9.17, 15) is 4.79 Å². The zero-order valence-electron chi connectivity index (χ0n) is 22.1. The number of methoxy groups -OCH3 is 3. The number of ether oxygens (including phenoxy) is 5. The summed E-state index contributed by atoms with van der Waals surface area (Å²) in [5.74, 6) is 2.98. The summed E-state index contributed by atoms with van der Waals surface area (Å²) >= 11 is 1.20. The fraction of sp³-hybridized carbons (Fsp3) is 0.440. The second kappa shape index (κ2) is 12.6. The van der Waals surface area contributed by atoms with Crippen molar-refractivity contribution in [1.29, 1.82) is 0 Å². The quantitative estimate of drug-likeness (QED) is 0.342. The number of hydrogen-bond donors (Lipinski definition) is 2. The van der Waals surface area contributed by atoms with Gasteiger partial charge in [0.2, 0.25) is 11.7 Å². The van der Waals surface area contributed by atoms with Crippen LogP contribution >= 0.6 is 11.3 Å². The van der Waals surface area contributed by atoms with Crippen LogP contribution in [-0.2, 0) is 16.0 Å². The number of carbonyl (C=O) groups excluding carboxylic acids is 1. The number of esters is 1. The topological polar surface area (TPSA) is 129 Å². The van der Waals surface area contributed by atoms with Gasteiger partial charge in [0.25, 0.3) is 0 Å². The van der Waals surface area contributed by atoms with Gasteiger partial charge in [-0.25, -0.2) is 9.78 Å². The molecule has 0 bridgehead atoms. The molecule has 1 saturated heterocycles. The van der Waals surface area contributed by atoms with Crippen LogP contribution in [0.5, 0.6) is 17.2 Å². The Kier molecular flexibility index (Phi) is 9.02. The van der Waals surface area contributed by atoms with Crippen molar-refractivity contribution >= 4 is 40.0 Å². The monoisotopic (exact) mass is 544 g/mol. The van der Waals surface area contributed by atoms with Gasteiger partial charge in [-0.15, -0.1) is 0 Å². The first-order valence-corrected chi connectivity index (χ1v) is 12.9. The van der Waals surface area contributed by atoms with Crippen LogP contribution in [0.2, 0.25) is 0 Å². The Morgan fingerprint density at radius 2 is 1.76 bits per heavy atom. The molecule has 2 aromatic heterocycles. The molecule has 3 aromatic rings. The molecule has 0 saturated carbocycles. The molecule has 38 heavy (non-hydrogen) atoms. The van der Waals surface area contributed by atoms with E-state index in [1.165, 1.54) is 11.3 Å². The SMILES string of the molecule is CCOC(=O)c1sc(Nc2nc(NCc3cc(OC)c(OC)c(OC)c3)cc(N3CCOCC3)n2)nc1C. The minimum absolute atomic E-state index is 0.296. The number of rotatable bonds is 11. The molecule has 1 aliphatic rings. The molecular weight excluding hydrogens is 512 g/mol. The van der Waals surface area contributed by atoms with E-state index in [0.717, 1.165) is 11.4 Å². The number of anilines is 4. The number of thiazole rings is 1. The van der Waals surface area contributed by atoms with E-state index in [2.05, 4.69) is 25.5 Å². The Bertz CT molecular complexity index is 1240. The van der Waals surface area contributed by atoms with Gasteiger partial charge in [-0.3, -0.25) is 5.32 Å². The molecule has 0 spiro atoms. The zero-order valence-corrected chi connectivity index (χ0v) is 22.9. The molecule has 1 aromatic carbocycles. The standard InChI is InChI=1S/C25H32N6O6S/c1-6-37-23(32)22-15(2)27-25(38-22)30-24-28-19(13-20(29-24)31-7-9-36-10-8-31)26-14-16-11-17(33-3)21(35-5)18(12-16)34-4/h11-13H,6-10,14H2,1-5H3,(H2,26,27,28,29,30). The minimum atomic E-state index is -0.397. The second-order valence-electron chi connectivity index (χ2n) is 8.20. The maximum absolute atomic E-state index is 12.2. The van der Waals surface area contributed by atoms with E-state index in [-0.39, 0.29) is 0 Å². The van der Waals surface area contributed by atoms with Gasteiger partial charge in [0, 0.05) is 25.7 Å². The van der Waals surface area contributed by atoms with Gasteiger partial charge in [-0.1, -0.05) is 11.3 Å². The molecule has 12 nitrogen and oxygen atoms in total. The number of nitrogens with zero attached hydrogens (tertiary/aromatic N) is 4. The van der Waals surface area contributed by atoms with Crippen LogP contribution in [0.25, 0.3) is 0 Å². The van der Waals surface area contributed by atoms with Crippen LogP contribution in [0.4, 0.5) is 22.7 Å². The molecule has 0 unspecified atom stereocenters. The van der Waals surface area contributed by atoms with Gasteiger partial charge in [-0.2, -0.15) is 9.97 Å². The van der Waals surface area contributed by atoms with Gasteiger partial charge in [0.1, 0.15) is 16.5 Å². The molecule has 0 amide bonds. The molecule has 1 aliphatic heterocycles. The van der Waals surface area contributed by atoms with Crippen LogP contribution in [0.1, 0.15) is 27.9 Å². The molecule has 0 aliphatic carbocycles. The maximum Gasteiger partial charge on any atom is 0.350 e. The smallest absolute Gasteiger partial charge is 0.350 e. The first kappa shape index (κ1) is 27.2. The van der Waals surface area contributed by atoms with Gasteiger partial charge in [0.05, 0.1) is 46.8 Å². The largest absolute Gasteiger partial charge is 0.493 e. The predicted molar refractivity (Wildman–Crippen MR) is 145 cm³/mol. The molecule has 0 atom stereocenters. The lowest BCUT2D eigenvalue weighted by molar-refractivity contribution is 0.0531. The molecule has 3 heterocycles. The van der Waals surface area contributed by atoms with Crippen LogP contribution in [0, 0.1) is 6.92 Å². The van der Waals surface area contributed by atoms with E-state index in [1.54, 1.807) is 35.2 Å². The Morgan fingerprint density at radius 3 is 2.39 bits per heavy atom. The molecule has 2 N–H and O–H groups in total. The Morgan fingerprint density at radius 1 is 1.05 bits per heavy atom. The summed E-state index contributed by atoms with van der Waals surface area (Å²) in [6.45, 7) is 6.95. The van der Waals surface area contributed by atoms with E-state index in [0.29, 0.717) is 84.2 Å². The number of aromatic nitrogens is 3. The third kappa shape index (κ3) is 6.34. The molecule has 204 valence electrons. The average Bonchev–Trinajstić information content (AvgIpc) is 3.31. The fourth-order valence-corrected chi connectivity index (χ4v) is 4.75. The van der Waals surface area contributed by atoms with Crippen molar-refractivity contribution in [3.63, 3.8) is 0 Å².